The summed E-state index contributed by atoms with van der Waals surface area (Å²) in [5.74, 6) is 1.24. The summed E-state index contributed by atoms with van der Waals surface area (Å²) in [6.45, 7) is 3.33. The van der Waals surface area contributed by atoms with Gasteiger partial charge in [-0.15, -0.1) is 5.10 Å². The maximum Gasteiger partial charge on any atom is 0.404 e. The lowest BCUT2D eigenvalue weighted by atomic mass is 9.92. The summed E-state index contributed by atoms with van der Waals surface area (Å²) in [4.78, 5) is 12.8. The van der Waals surface area contributed by atoms with Crippen LogP contribution >= 0.6 is 0 Å². The highest BCUT2D eigenvalue weighted by atomic mass is 16.4. The maximum atomic E-state index is 10.8. The lowest BCUT2D eigenvalue weighted by molar-refractivity contribution is 0.178. The van der Waals surface area contributed by atoms with Crippen molar-refractivity contribution in [3.05, 3.63) is 5.89 Å². The number of aryl methyl sites for hydroxylation is 1. The smallest absolute Gasteiger partial charge is 0.404 e. The van der Waals surface area contributed by atoms with Crippen molar-refractivity contribution in [3.63, 3.8) is 0 Å². The molecule has 18 heavy (non-hydrogen) atoms. The monoisotopic (exact) mass is 252 g/mol. The normalized spacial score (nSPS) is 30.5. The predicted molar refractivity (Wildman–Crippen MR) is 62.4 cm³/mol. The minimum Gasteiger partial charge on any atom is -0.465 e. The third-order valence-electron chi connectivity index (χ3n) is 3.91. The summed E-state index contributed by atoms with van der Waals surface area (Å²) in [6.07, 6.45) is 1.18. The molecule has 3 rings (SSSR count). The Labute approximate surface area is 104 Å². The quantitative estimate of drug-likeness (QED) is 0.811. The molecule has 2 heterocycles. The van der Waals surface area contributed by atoms with Gasteiger partial charge < -0.3 is 19.7 Å². The van der Waals surface area contributed by atoms with E-state index >= 15 is 0 Å². The number of fused-ring (bicyclic) bond motifs is 2. The predicted octanol–water partition coefficient (Wildman–Crippen LogP) is 0.860. The molecule has 1 unspecified atom stereocenters. The molecule has 0 aromatic carbocycles. The van der Waals surface area contributed by atoms with Crippen molar-refractivity contribution in [1.82, 2.24) is 15.5 Å². The van der Waals surface area contributed by atoms with Crippen molar-refractivity contribution in [3.8, 4) is 0 Å². The van der Waals surface area contributed by atoms with Crippen LogP contribution in [0.15, 0.2) is 4.42 Å². The topological polar surface area (TPSA) is 91.5 Å². The van der Waals surface area contributed by atoms with Gasteiger partial charge in [-0.2, -0.15) is 0 Å². The number of hydrogen-bond donors (Lipinski definition) is 2. The van der Waals surface area contributed by atoms with Crippen LogP contribution in [0, 0.1) is 18.8 Å². The van der Waals surface area contributed by atoms with E-state index in [0.717, 1.165) is 25.9 Å². The summed E-state index contributed by atoms with van der Waals surface area (Å²) >= 11 is 0. The second-order valence-corrected chi connectivity index (χ2v) is 5.08. The van der Waals surface area contributed by atoms with Gasteiger partial charge in [-0.1, -0.05) is 5.10 Å². The second-order valence-electron chi connectivity index (χ2n) is 5.08. The van der Waals surface area contributed by atoms with Gasteiger partial charge in [0, 0.05) is 26.1 Å². The molecule has 1 aliphatic carbocycles. The largest absolute Gasteiger partial charge is 0.465 e. The van der Waals surface area contributed by atoms with Gasteiger partial charge in [0.1, 0.15) is 0 Å². The average molecular weight is 252 g/mol. The molecular formula is C11H16N4O3. The van der Waals surface area contributed by atoms with Crippen LogP contribution in [0.1, 0.15) is 18.7 Å². The number of carbonyl (C=O) groups is 1. The summed E-state index contributed by atoms with van der Waals surface area (Å²) in [7, 11) is 0. The molecule has 0 spiro atoms. The molecule has 3 atom stereocenters. The fourth-order valence-corrected chi connectivity index (χ4v) is 3.17. The van der Waals surface area contributed by atoms with Crippen molar-refractivity contribution in [2.24, 2.45) is 11.8 Å². The highest BCUT2D eigenvalue weighted by Gasteiger charge is 2.43. The van der Waals surface area contributed by atoms with E-state index in [1.54, 1.807) is 6.92 Å². The molecule has 1 aromatic rings. The van der Waals surface area contributed by atoms with Crippen LogP contribution in [0.5, 0.6) is 0 Å². The summed E-state index contributed by atoms with van der Waals surface area (Å²) in [5, 5.41) is 19.4. The molecular weight excluding hydrogens is 236 g/mol. The molecule has 1 aromatic heterocycles. The third kappa shape index (κ3) is 1.89. The number of aromatic nitrogens is 2. The van der Waals surface area contributed by atoms with Crippen molar-refractivity contribution in [1.29, 1.82) is 0 Å². The molecule has 1 amide bonds. The minimum absolute atomic E-state index is 0.0720. The van der Waals surface area contributed by atoms with Crippen LogP contribution in [0.4, 0.5) is 10.8 Å². The Kier molecular flexibility index (Phi) is 2.61. The number of carboxylic acid groups (broad SMARTS) is 1. The van der Waals surface area contributed by atoms with Gasteiger partial charge in [0.05, 0.1) is 0 Å². The van der Waals surface area contributed by atoms with Crippen molar-refractivity contribution in [2.45, 2.75) is 25.8 Å². The summed E-state index contributed by atoms with van der Waals surface area (Å²) in [5.41, 5.74) is 0. The van der Waals surface area contributed by atoms with Gasteiger partial charge in [-0.05, 0) is 24.7 Å². The maximum absolute atomic E-state index is 10.8. The fourth-order valence-electron chi connectivity index (χ4n) is 3.17. The molecule has 1 saturated carbocycles. The number of nitrogens with zero attached hydrogens (tertiary/aromatic N) is 3. The average Bonchev–Trinajstić information content (AvgIpc) is 2.81. The third-order valence-corrected chi connectivity index (χ3v) is 3.91. The molecule has 2 bridgehead atoms. The first-order valence-corrected chi connectivity index (χ1v) is 6.18. The van der Waals surface area contributed by atoms with Crippen LogP contribution in [0.3, 0.4) is 0 Å². The molecule has 1 saturated heterocycles. The van der Waals surface area contributed by atoms with Gasteiger partial charge in [-0.25, -0.2) is 4.79 Å². The lowest BCUT2D eigenvalue weighted by Gasteiger charge is -2.36. The van der Waals surface area contributed by atoms with Gasteiger partial charge in [0.15, 0.2) is 0 Å². The van der Waals surface area contributed by atoms with Crippen LogP contribution < -0.4 is 10.2 Å². The molecule has 2 aliphatic rings. The van der Waals surface area contributed by atoms with Crippen LogP contribution in [0.2, 0.25) is 0 Å². The number of rotatable bonds is 2. The van der Waals surface area contributed by atoms with E-state index in [4.69, 9.17) is 9.52 Å². The lowest BCUT2D eigenvalue weighted by Crippen LogP contribution is -2.52. The van der Waals surface area contributed by atoms with E-state index in [-0.39, 0.29) is 6.04 Å². The van der Waals surface area contributed by atoms with E-state index < -0.39 is 6.09 Å². The highest BCUT2D eigenvalue weighted by Crippen LogP contribution is 2.38. The van der Waals surface area contributed by atoms with Crippen molar-refractivity contribution < 1.29 is 14.3 Å². The molecule has 1 aliphatic heterocycles. The Morgan fingerprint density at radius 2 is 2.06 bits per heavy atom. The zero-order valence-corrected chi connectivity index (χ0v) is 10.2. The zero-order chi connectivity index (χ0) is 12.7. The van der Waals surface area contributed by atoms with Crippen LogP contribution in [0.25, 0.3) is 0 Å². The Morgan fingerprint density at radius 1 is 1.39 bits per heavy atom. The van der Waals surface area contributed by atoms with Gasteiger partial charge in [0.25, 0.3) is 0 Å². The van der Waals surface area contributed by atoms with Crippen LogP contribution in [-0.4, -0.2) is 40.5 Å². The fraction of sp³-hybridized carbons (Fsp3) is 0.727. The Balaban J connectivity index is 1.73. The SMILES string of the molecule is Cc1nnc(N2C[C@H]3CC[C@@H](C2)C3NC(=O)O)o1. The molecule has 7 heteroatoms. The van der Waals surface area contributed by atoms with Crippen molar-refractivity contribution >= 4 is 12.1 Å². The molecule has 2 fully saturated rings. The molecule has 98 valence electrons. The Hall–Kier alpha value is -1.79. The first kappa shape index (κ1) is 11.3. The Morgan fingerprint density at radius 3 is 2.56 bits per heavy atom. The number of piperidine rings is 1. The summed E-state index contributed by atoms with van der Waals surface area (Å²) in [6, 6.07) is 0.626. The zero-order valence-electron chi connectivity index (χ0n) is 10.2. The molecule has 2 N–H and O–H groups in total. The number of hydrogen-bond acceptors (Lipinski definition) is 5. The van der Waals surface area contributed by atoms with E-state index in [9.17, 15) is 4.79 Å². The van der Waals surface area contributed by atoms with Gasteiger partial charge in [-0.3, -0.25) is 0 Å². The standard InChI is InChI=1S/C11H16N4O3/c1-6-13-14-10(18-6)15-4-7-2-3-8(5-15)9(7)12-11(16)17/h7-9,12H,2-5H2,1H3,(H,16,17)/t7-,8+,9?. The van der Waals surface area contributed by atoms with E-state index in [0.29, 0.717) is 23.7 Å². The van der Waals surface area contributed by atoms with E-state index in [1.165, 1.54) is 0 Å². The number of amides is 1. The first-order valence-electron chi connectivity index (χ1n) is 6.18. The van der Waals surface area contributed by atoms with E-state index in [2.05, 4.69) is 20.4 Å². The minimum atomic E-state index is -0.931. The summed E-state index contributed by atoms with van der Waals surface area (Å²) < 4.78 is 5.43. The van der Waals surface area contributed by atoms with Crippen molar-refractivity contribution in [2.75, 3.05) is 18.0 Å². The van der Waals surface area contributed by atoms with Gasteiger partial charge in [0.2, 0.25) is 5.89 Å². The van der Waals surface area contributed by atoms with Gasteiger partial charge >= 0.3 is 12.1 Å². The molecule has 0 radical (unpaired) electrons. The molecule has 7 nitrogen and oxygen atoms in total. The second kappa shape index (κ2) is 4.15. The number of nitrogens with one attached hydrogen (secondary N) is 1. The van der Waals surface area contributed by atoms with E-state index in [1.807, 2.05) is 0 Å². The number of anilines is 1. The Bertz CT molecular complexity index is 447. The van der Waals surface area contributed by atoms with Crippen LogP contribution in [-0.2, 0) is 0 Å². The first-order chi connectivity index (χ1) is 8.63. The highest BCUT2D eigenvalue weighted by molar-refractivity contribution is 5.65.